The Hall–Kier alpha value is -1.39. The number of hydrogen-bond donors (Lipinski definition) is 1. The zero-order valence-electron chi connectivity index (χ0n) is 9.83. The van der Waals surface area contributed by atoms with Crippen molar-refractivity contribution in [3.05, 3.63) is 34.6 Å². The molecule has 0 unspecified atom stereocenters. The number of benzene rings is 1. The van der Waals surface area contributed by atoms with Crippen LogP contribution in [0.15, 0.2) is 22.7 Å². The molecule has 0 radical (unpaired) electrons. The number of nitrogens with one attached hydrogen (secondary N) is 1. The summed E-state index contributed by atoms with van der Waals surface area (Å²) in [4.78, 5) is 4.32. The van der Waals surface area contributed by atoms with Crippen LogP contribution in [0, 0.1) is 6.92 Å². The lowest BCUT2D eigenvalue weighted by molar-refractivity contribution is 0.419. The van der Waals surface area contributed by atoms with Crippen LogP contribution >= 0.6 is 11.6 Å². The average Bonchev–Trinajstić information content (AvgIpc) is 2.78. The molecule has 1 N–H and O–H groups in total. The van der Waals surface area contributed by atoms with Crippen LogP contribution in [0.4, 0.5) is 0 Å². The molecule has 0 saturated heterocycles. The molecule has 0 atom stereocenters. The second kappa shape index (κ2) is 5.29. The van der Waals surface area contributed by atoms with Crippen LogP contribution in [-0.4, -0.2) is 16.7 Å². The van der Waals surface area contributed by atoms with Crippen LogP contribution < -0.4 is 5.32 Å². The topological polar surface area (TPSA) is 51.0 Å². The Kier molecular flexibility index (Phi) is 3.76. The number of nitrogens with zero attached hydrogens (tertiary/aromatic N) is 2. The number of aryl methyl sites for hydroxylation is 1. The summed E-state index contributed by atoms with van der Waals surface area (Å²) in [5.74, 6) is 1.17. The van der Waals surface area contributed by atoms with E-state index in [9.17, 15) is 0 Å². The summed E-state index contributed by atoms with van der Waals surface area (Å²) in [6.07, 6.45) is 0. The number of halogens is 1. The van der Waals surface area contributed by atoms with Gasteiger partial charge >= 0.3 is 0 Å². The number of rotatable bonds is 4. The van der Waals surface area contributed by atoms with Crippen molar-refractivity contribution in [1.82, 2.24) is 15.5 Å². The minimum atomic E-state index is 0.512. The van der Waals surface area contributed by atoms with Crippen LogP contribution in [-0.2, 0) is 6.54 Å². The summed E-state index contributed by atoms with van der Waals surface area (Å²) < 4.78 is 5.22. The van der Waals surface area contributed by atoms with Gasteiger partial charge in [0.1, 0.15) is 0 Å². The molecule has 0 aliphatic heterocycles. The molecule has 1 aromatic carbocycles. The summed E-state index contributed by atoms with van der Waals surface area (Å²) in [6, 6.07) is 5.61. The standard InChI is InChI=1S/C12H14ClN3O/c1-3-14-7-11-15-12(17-16-11)10-6-9(13)5-4-8(10)2/h4-6,14H,3,7H2,1-2H3. The van der Waals surface area contributed by atoms with Crippen molar-refractivity contribution < 1.29 is 4.52 Å². The molecular formula is C12H14ClN3O. The van der Waals surface area contributed by atoms with Crippen LogP contribution in [0.3, 0.4) is 0 Å². The molecule has 2 rings (SSSR count). The van der Waals surface area contributed by atoms with Gasteiger partial charge in [0.2, 0.25) is 0 Å². The quantitative estimate of drug-likeness (QED) is 0.908. The Morgan fingerprint density at radius 3 is 3.00 bits per heavy atom. The maximum absolute atomic E-state index is 5.95. The van der Waals surface area contributed by atoms with E-state index in [1.807, 2.05) is 32.0 Å². The van der Waals surface area contributed by atoms with Crippen LogP contribution in [0.1, 0.15) is 18.3 Å². The Morgan fingerprint density at radius 2 is 2.24 bits per heavy atom. The molecule has 1 heterocycles. The van der Waals surface area contributed by atoms with Gasteiger partial charge in [-0.15, -0.1) is 0 Å². The highest BCUT2D eigenvalue weighted by Gasteiger charge is 2.11. The zero-order chi connectivity index (χ0) is 12.3. The van der Waals surface area contributed by atoms with Gasteiger partial charge in [-0.3, -0.25) is 0 Å². The first-order valence-electron chi connectivity index (χ1n) is 5.50. The van der Waals surface area contributed by atoms with E-state index >= 15 is 0 Å². The van der Waals surface area contributed by atoms with E-state index in [2.05, 4.69) is 15.5 Å². The molecular weight excluding hydrogens is 238 g/mol. The SMILES string of the molecule is CCNCc1noc(-c2cc(Cl)ccc2C)n1. The fourth-order valence-corrected chi connectivity index (χ4v) is 1.67. The van der Waals surface area contributed by atoms with Gasteiger partial charge in [0.25, 0.3) is 5.89 Å². The summed E-state index contributed by atoms with van der Waals surface area (Å²) in [5.41, 5.74) is 1.95. The van der Waals surface area contributed by atoms with Crippen molar-refractivity contribution in [2.75, 3.05) is 6.54 Å². The second-order valence-electron chi connectivity index (χ2n) is 3.76. The van der Waals surface area contributed by atoms with E-state index in [1.54, 1.807) is 0 Å². The second-order valence-corrected chi connectivity index (χ2v) is 4.19. The molecule has 17 heavy (non-hydrogen) atoms. The van der Waals surface area contributed by atoms with Gasteiger partial charge in [-0.1, -0.05) is 29.7 Å². The van der Waals surface area contributed by atoms with Gasteiger partial charge < -0.3 is 9.84 Å². The third-order valence-corrected chi connectivity index (χ3v) is 2.67. The molecule has 4 nitrogen and oxygen atoms in total. The van der Waals surface area contributed by atoms with Crippen LogP contribution in [0.2, 0.25) is 5.02 Å². The first-order valence-corrected chi connectivity index (χ1v) is 5.88. The van der Waals surface area contributed by atoms with Crippen molar-refractivity contribution in [2.24, 2.45) is 0 Å². The largest absolute Gasteiger partial charge is 0.334 e. The highest BCUT2D eigenvalue weighted by atomic mass is 35.5. The van der Waals surface area contributed by atoms with Gasteiger partial charge in [-0.2, -0.15) is 4.98 Å². The first-order chi connectivity index (χ1) is 8.20. The molecule has 0 amide bonds. The lowest BCUT2D eigenvalue weighted by atomic mass is 10.1. The average molecular weight is 252 g/mol. The highest BCUT2D eigenvalue weighted by molar-refractivity contribution is 6.30. The first kappa shape index (κ1) is 12.1. The summed E-state index contributed by atoms with van der Waals surface area (Å²) in [6.45, 7) is 5.50. The van der Waals surface area contributed by atoms with E-state index < -0.39 is 0 Å². The Morgan fingerprint density at radius 1 is 1.41 bits per heavy atom. The Bertz CT molecular complexity index is 510. The molecule has 0 saturated carbocycles. The zero-order valence-corrected chi connectivity index (χ0v) is 10.6. The molecule has 0 spiro atoms. The maximum atomic E-state index is 5.95. The molecule has 0 aliphatic rings. The fraction of sp³-hybridized carbons (Fsp3) is 0.333. The van der Waals surface area contributed by atoms with Crippen molar-refractivity contribution in [1.29, 1.82) is 0 Å². The van der Waals surface area contributed by atoms with Crippen LogP contribution in [0.25, 0.3) is 11.5 Å². The molecule has 90 valence electrons. The highest BCUT2D eigenvalue weighted by Crippen LogP contribution is 2.24. The van der Waals surface area contributed by atoms with Gasteiger partial charge in [-0.05, 0) is 31.2 Å². The molecule has 0 bridgehead atoms. The molecule has 0 fully saturated rings. The lowest BCUT2D eigenvalue weighted by Gasteiger charge is -2.00. The smallest absolute Gasteiger partial charge is 0.258 e. The van der Waals surface area contributed by atoms with E-state index in [1.165, 1.54) is 0 Å². The fourth-order valence-electron chi connectivity index (χ4n) is 1.50. The van der Waals surface area contributed by atoms with Crippen molar-refractivity contribution in [2.45, 2.75) is 20.4 Å². The van der Waals surface area contributed by atoms with Crippen LogP contribution in [0.5, 0.6) is 0 Å². The summed E-state index contributed by atoms with van der Waals surface area (Å²) in [5, 5.41) is 7.72. The van der Waals surface area contributed by atoms with E-state index in [0.29, 0.717) is 23.3 Å². The van der Waals surface area contributed by atoms with E-state index in [0.717, 1.165) is 17.7 Å². The normalized spacial score (nSPS) is 10.8. The molecule has 0 aliphatic carbocycles. The van der Waals surface area contributed by atoms with Crippen molar-refractivity contribution in [3.63, 3.8) is 0 Å². The maximum Gasteiger partial charge on any atom is 0.258 e. The molecule has 5 heteroatoms. The summed E-state index contributed by atoms with van der Waals surface area (Å²) in [7, 11) is 0. The third-order valence-electron chi connectivity index (χ3n) is 2.43. The van der Waals surface area contributed by atoms with Crippen molar-refractivity contribution >= 4 is 11.6 Å². The van der Waals surface area contributed by atoms with E-state index in [4.69, 9.17) is 16.1 Å². The van der Waals surface area contributed by atoms with Gasteiger partial charge in [-0.25, -0.2) is 0 Å². The Balaban J connectivity index is 2.27. The lowest BCUT2D eigenvalue weighted by Crippen LogP contribution is -2.12. The number of hydrogen-bond acceptors (Lipinski definition) is 4. The molecule has 1 aromatic heterocycles. The number of aromatic nitrogens is 2. The van der Waals surface area contributed by atoms with Gasteiger partial charge in [0.15, 0.2) is 5.82 Å². The minimum Gasteiger partial charge on any atom is -0.334 e. The third kappa shape index (κ3) is 2.84. The van der Waals surface area contributed by atoms with Gasteiger partial charge in [0.05, 0.1) is 6.54 Å². The Labute approximate surface area is 105 Å². The van der Waals surface area contributed by atoms with E-state index in [-0.39, 0.29) is 0 Å². The van der Waals surface area contributed by atoms with Crippen molar-refractivity contribution in [3.8, 4) is 11.5 Å². The minimum absolute atomic E-state index is 0.512. The predicted molar refractivity (Wildman–Crippen MR) is 66.9 cm³/mol. The summed E-state index contributed by atoms with van der Waals surface area (Å²) >= 11 is 5.95. The van der Waals surface area contributed by atoms with Gasteiger partial charge in [0, 0.05) is 10.6 Å². The monoisotopic (exact) mass is 251 g/mol. The molecule has 2 aromatic rings. The predicted octanol–water partition coefficient (Wildman–Crippen LogP) is 2.81.